The van der Waals surface area contributed by atoms with Gasteiger partial charge in [0.2, 0.25) is 0 Å². The van der Waals surface area contributed by atoms with Crippen molar-refractivity contribution in [3.63, 3.8) is 0 Å². The fourth-order valence-electron chi connectivity index (χ4n) is 4.33. The molecule has 2 rings (SSSR count). The maximum absolute atomic E-state index is 5.94. The van der Waals surface area contributed by atoms with E-state index in [0.717, 1.165) is 25.4 Å². The van der Waals surface area contributed by atoms with Gasteiger partial charge >= 0.3 is 0 Å². The number of likely N-dealkylation sites (N-methyl/N-ethyl adjacent to an activating group) is 1. The van der Waals surface area contributed by atoms with E-state index in [1.165, 1.54) is 38.5 Å². The van der Waals surface area contributed by atoms with E-state index >= 15 is 0 Å². The van der Waals surface area contributed by atoms with Gasteiger partial charge in [0.15, 0.2) is 0 Å². The van der Waals surface area contributed by atoms with Crippen molar-refractivity contribution in [3.8, 4) is 0 Å². The van der Waals surface area contributed by atoms with Gasteiger partial charge in [-0.1, -0.05) is 19.8 Å². The van der Waals surface area contributed by atoms with Crippen LogP contribution in [0.4, 0.5) is 0 Å². The molecule has 4 nitrogen and oxygen atoms in total. The van der Waals surface area contributed by atoms with E-state index in [4.69, 9.17) is 10.6 Å². The molecule has 1 saturated carbocycles. The molecule has 1 heterocycles. The summed E-state index contributed by atoms with van der Waals surface area (Å²) in [6.45, 7) is 3.33. The van der Waals surface area contributed by atoms with Gasteiger partial charge < -0.3 is 9.64 Å². The Morgan fingerprint density at radius 2 is 2.15 bits per heavy atom. The third-order valence-electron chi connectivity index (χ3n) is 5.55. The van der Waals surface area contributed by atoms with Crippen molar-refractivity contribution in [2.45, 2.75) is 76.0 Å². The highest BCUT2D eigenvalue weighted by atomic mass is 16.5. The molecule has 0 aromatic carbocycles. The highest BCUT2D eigenvalue weighted by Gasteiger charge is 2.43. The molecule has 4 unspecified atom stereocenters. The van der Waals surface area contributed by atoms with Crippen molar-refractivity contribution in [1.29, 1.82) is 0 Å². The van der Waals surface area contributed by atoms with Gasteiger partial charge in [-0.15, -0.1) is 0 Å². The SMILES string of the molecule is CC1CCCC(C(CCC2CCCO2)NN)(N(C)C)C1. The average molecular weight is 283 g/mol. The summed E-state index contributed by atoms with van der Waals surface area (Å²) in [7, 11) is 4.43. The maximum atomic E-state index is 5.94. The molecule has 0 amide bonds. The first kappa shape index (κ1) is 16.2. The summed E-state index contributed by atoms with van der Waals surface area (Å²) in [5, 5.41) is 0. The van der Waals surface area contributed by atoms with Crippen LogP contribution in [0.5, 0.6) is 0 Å². The third-order valence-corrected chi connectivity index (χ3v) is 5.55. The molecule has 2 fully saturated rings. The first-order valence-corrected chi connectivity index (χ1v) is 8.33. The number of hydrogen-bond acceptors (Lipinski definition) is 4. The molecule has 0 aromatic rings. The molecule has 0 bridgehead atoms. The molecule has 3 N–H and O–H groups in total. The molecule has 0 aromatic heterocycles. The molecule has 20 heavy (non-hydrogen) atoms. The Bertz CT molecular complexity index is 291. The predicted molar refractivity (Wildman–Crippen MR) is 83.4 cm³/mol. The predicted octanol–water partition coefficient (Wildman–Crippen LogP) is 2.29. The minimum Gasteiger partial charge on any atom is -0.378 e. The third kappa shape index (κ3) is 3.53. The summed E-state index contributed by atoms with van der Waals surface area (Å²) in [6, 6.07) is 0.365. The van der Waals surface area contributed by atoms with Crippen LogP contribution in [0.1, 0.15) is 58.3 Å². The van der Waals surface area contributed by atoms with Crippen molar-refractivity contribution in [2.24, 2.45) is 11.8 Å². The molecule has 1 aliphatic heterocycles. The van der Waals surface area contributed by atoms with Crippen LogP contribution in [0.3, 0.4) is 0 Å². The second kappa shape index (κ2) is 7.21. The quantitative estimate of drug-likeness (QED) is 0.580. The first-order valence-electron chi connectivity index (χ1n) is 8.33. The highest BCUT2D eigenvalue weighted by molar-refractivity contribution is 5.01. The van der Waals surface area contributed by atoms with Crippen LogP contribution in [0.15, 0.2) is 0 Å². The van der Waals surface area contributed by atoms with E-state index in [9.17, 15) is 0 Å². The summed E-state index contributed by atoms with van der Waals surface area (Å²) in [5.41, 5.74) is 3.35. The standard InChI is InChI=1S/C16H33N3O/c1-13-6-4-10-16(12-13,19(2)3)15(18-17)9-8-14-7-5-11-20-14/h13-15,18H,4-12,17H2,1-3H3. The Kier molecular flexibility index (Phi) is 5.84. The number of hydrazine groups is 1. The molecule has 4 heteroatoms. The molecule has 2 aliphatic rings. The van der Waals surface area contributed by atoms with Crippen molar-refractivity contribution < 1.29 is 4.74 Å². The van der Waals surface area contributed by atoms with E-state index in [1.807, 2.05) is 0 Å². The molecule has 118 valence electrons. The lowest BCUT2D eigenvalue weighted by atomic mass is 9.70. The molecular weight excluding hydrogens is 250 g/mol. The molecule has 0 spiro atoms. The summed E-state index contributed by atoms with van der Waals surface area (Å²) in [5.74, 6) is 6.74. The largest absolute Gasteiger partial charge is 0.378 e. The Morgan fingerprint density at radius 3 is 2.70 bits per heavy atom. The van der Waals surface area contributed by atoms with E-state index in [2.05, 4.69) is 31.3 Å². The number of ether oxygens (including phenoxy) is 1. The van der Waals surface area contributed by atoms with Gasteiger partial charge in [0.1, 0.15) is 0 Å². The van der Waals surface area contributed by atoms with Crippen LogP contribution in [-0.4, -0.2) is 43.3 Å². The van der Waals surface area contributed by atoms with Crippen LogP contribution in [-0.2, 0) is 4.74 Å². The van der Waals surface area contributed by atoms with Gasteiger partial charge in [-0.25, -0.2) is 0 Å². The lowest BCUT2D eigenvalue weighted by molar-refractivity contribution is 0.0255. The van der Waals surface area contributed by atoms with Crippen LogP contribution in [0.25, 0.3) is 0 Å². The Balaban J connectivity index is 2.00. The van der Waals surface area contributed by atoms with E-state index < -0.39 is 0 Å². The van der Waals surface area contributed by atoms with Gasteiger partial charge in [0, 0.05) is 18.2 Å². The van der Waals surface area contributed by atoms with Crippen LogP contribution >= 0.6 is 0 Å². The molecule has 4 atom stereocenters. The number of nitrogens with two attached hydrogens (primary N) is 1. The minimum absolute atomic E-state index is 0.213. The summed E-state index contributed by atoms with van der Waals surface area (Å²) >= 11 is 0. The van der Waals surface area contributed by atoms with Crippen LogP contribution in [0, 0.1) is 5.92 Å². The average Bonchev–Trinajstić information content (AvgIpc) is 2.92. The molecular formula is C16H33N3O. The first-order chi connectivity index (χ1) is 9.58. The van der Waals surface area contributed by atoms with Gasteiger partial charge in [-0.05, 0) is 58.5 Å². The van der Waals surface area contributed by atoms with E-state index in [1.54, 1.807) is 0 Å². The number of rotatable bonds is 6. The van der Waals surface area contributed by atoms with Crippen molar-refractivity contribution in [3.05, 3.63) is 0 Å². The minimum atomic E-state index is 0.213. The zero-order valence-corrected chi connectivity index (χ0v) is 13.5. The lowest BCUT2D eigenvalue weighted by Crippen LogP contribution is -2.62. The van der Waals surface area contributed by atoms with Crippen molar-refractivity contribution >= 4 is 0 Å². The van der Waals surface area contributed by atoms with Crippen molar-refractivity contribution in [1.82, 2.24) is 10.3 Å². The van der Waals surface area contributed by atoms with Gasteiger partial charge in [-0.2, -0.15) is 0 Å². The smallest absolute Gasteiger partial charge is 0.0576 e. The monoisotopic (exact) mass is 283 g/mol. The molecule has 1 aliphatic carbocycles. The number of nitrogens with zero attached hydrogens (tertiary/aromatic N) is 1. The molecule has 1 saturated heterocycles. The molecule has 0 radical (unpaired) electrons. The van der Waals surface area contributed by atoms with Gasteiger partial charge in [-0.3, -0.25) is 11.3 Å². The second-order valence-corrected chi connectivity index (χ2v) is 7.13. The van der Waals surface area contributed by atoms with E-state index in [-0.39, 0.29) is 5.54 Å². The fourth-order valence-corrected chi connectivity index (χ4v) is 4.33. The summed E-state index contributed by atoms with van der Waals surface area (Å²) < 4.78 is 5.77. The highest BCUT2D eigenvalue weighted by Crippen LogP contribution is 2.39. The second-order valence-electron chi connectivity index (χ2n) is 7.13. The van der Waals surface area contributed by atoms with Crippen molar-refractivity contribution in [2.75, 3.05) is 20.7 Å². The van der Waals surface area contributed by atoms with Crippen LogP contribution in [0.2, 0.25) is 0 Å². The summed E-state index contributed by atoms with van der Waals surface area (Å²) in [6.07, 6.45) is 10.3. The van der Waals surface area contributed by atoms with E-state index in [0.29, 0.717) is 12.1 Å². The Morgan fingerprint density at radius 1 is 1.35 bits per heavy atom. The van der Waals surface area contributed by atoms with Gasteiger partial charge in [0.05, 0.1) is 6.10 Å². The summed E-state index contributed by atoms with van der Waals surface area (Å²) in [4.78, 5) is 2.42. The maximum Gasteiger partial charge on any atom is 0.0576 e. The normalized spacial score (nSPS) is 36.5. The van der Waals surface area contributed by atoms with Gasteiger partial charge in [0.25, 0.3) is 0 Å². The number of nitrogens with one attached hydrogen (secondary N) is 1. The van der Waals surface area contributed by atoms with Crippen LogP contribution < -0.4 is 11.3 Å². The zero-order valence-electron chi connectivity index (χ0n) is 13.5. The lowest BCUT2D eigenvalue weighted by Gasteiger charge is -2.50. The topological polar surface area (TPSA) is 50.5 Å². The Hall–Kier alpha value is -0.160. The number of hydrogen-bond donors (Lipinski definition) is 2. The fraction of sp³-hybridized carbons (Fsp3) is 1.00. The Labute approximate surface area is 124 Å². The zero-order chi connectivity index (χ0) is 14.6.